The molecule has 2 aromatic rings. The normalized spacial score (nSPS) is 20.5. The van der Waals surface area contributed by atoms with Crippen molar-refractivity contribution < 1.29 is 4.79 Å². The molecule has 0 spiro atoms. The standard InChI is InChI=1S/C24H31N3O/c1-19-10-12-20(13-11-19)17-21-7-5-8-22(25-21)23-9-6-16-27(23)18-24(28)26-14-3-2-4-15-26/h5,7-8,10-13,23H,2-4,6,9,14-18H2,1H3/t23-/m0/s1. The molecule has 0 bridgehead atoms. The summed E-state index contributed by atoms with van der Waals surface area (Å²) >= 11 is 0. The molecule has 3 heterocycles. The summed E-state index contributed by atoms with van der Waals surface area (Å²) in [5.41, 5.74) is 4.80. The van der Waals surface area contributed by atoms with Crippen molar-refractivity contribution in [3.8, 4) is 0 Å². The van der Waals surface area contributed by atoms with E-state index >= 15 is 0 Å². The third-order valence-corrected chi connectivity index (χ3v) is 6.09. The van der Waals surface area contributed by atoms with E-state index in [2.05, 4.69) is 59.2 Å². The van der Waals surface area contributed by atoms with E-state index < -0.39 is 0 Å². The van der Waals surface area contributed by atoms with Crippen molar-refractivity contribution in [3.63, 3.8) is 0 Å². The highest BCUT2D eigenvalue weighted by Crippen LogP contribution is 2.31. The van der Waals surface area contributed by atoms with Gasteiger partial charge in [-0.05, 0) is 63.3 Å². The molecule has 2 fully saturated rings. The van der Waals surface area contributed by atoms with Gasteiger partial charge in [0.05, 0.1) is 18.3 Å². The van der Waals surface area contributed by atoms with Crippen molar-refractivity contribution in [2.24, 2.45) is 0 Å². The van der Waals surface area contributed by atoms with Crippen LogP contribution >= 0.6 is 0 Å². The van der Waals surface area contributed by atoms with Gasteiger partial charge in [-0.3, -0.25) is 14.7 Å². The molecular weight excluding hydrogens is 346 g/mol. The van der Waals surface area contributed by atoms with Crippen LogP contribution in [0, 0.1) is 6.92 Å². The third kappa shape index (κ3) is 4.61. The molecular formula is C24H31N3O. The number of rotatable bonds is 5. The summed E-state index contributed by atoms with van der Waals surface area (Å²) in [6, 6.07) is 15.3. The Balaban J connectivity index is 1.43. The summed E-state index contributed by atoms with van der Waals surface area (Å²) in [4.78, 5) is 22.1. The van der Waals surface area contributed by atoms with E-state index in [1.165, 1.54) is 17.5 Å². The van der Waals surface area contributed by atoms with Gasteiger partial charge in [-0.1, -0.05) is 35.9 Å². The van der Waals surface area contributed by atoms with Crippen LogP contribution in [-0.2, 0) is 11.2 Å². The zero-order chi connectivity index (χ0) is 19.3. The molecule has 4 heteroatoms. The van der Waals surface area contributed by atoms with Crippen LogP contribution in [0.25, 0.3) is 0 Å². The average molecular weight is 378 g/mol. The second kappa shape index (κ2) is 8.87. The molecule has 2 aliphatic rings. The molecule has 1 atom stereocenters. The Morgan fingerprint density at radius 3 is 2.57 bits per heavy atom. The number of benzene rings is 1. The van der Waals surface area contributed by atoms with Crippen LogP contribution < -0.4 is 0 Å². The van der Waals surface area contributed by atoms with Crippen LogP contribution in [0.2, 0.25) is 0 Å². The van der Waals surface area contributed by atoms with Gasteiger partial charge in [0.25, 0.3) is 0 Å². The van der Waals surface area contributed by atoms with Crippen molar-refractivity contribution in [2.45, 2.75) is 51.5 Å². The van der Waals surface area contributed by atoms with Crippen molar-refractivity contribution in [2.75, 3.05) is 26.2 Å². The van der Waals surface area contributed by atoms with E-state index in [-0.39, 0.29) is 6.04 Å². The fourth-order valence-corrected chi connectivity index (χ4v) is 4.46. The number of hydrogen-bond acceptors (Lipinski definition) is 3. The highest BCUT2D eigenvalue weighted by atomic mass is 16.2. The Morgan fingerprint density at radius 1 is 1.00 bits per heavy atom. The van der Waals surface area contributed by atoms with Crippen LogP contribution in [0.5, 0.6) is 0 Å². The Kier molecular flexibility index (Phi) is 6.06. The maximum atomic E-state index is 12.7. The van der Waals surface area contributed by atoms with E-state index in [9.17, 15) is 4.79 Å². The van der Waals surface area contributed by atoms with Crippen LogP contribution in [-0.4, -0.2) is 46.9 Å². The van der Waals surface area contributed by atoms with E-state index in [0.29, 0.717) is 12.5 Å². The predicted molar refractivity (Wildman–Crippen MR) is 112 cm³/mol. The van der Waals surface area contributed by atoms with E-state index in [1.807, 2.05) is 0 Å². The summed E-state index contributed by atoms with van der Waals surface area (Å²) in [6.45, 7) is 5.51. The van der Waals surface area contributed by atoms with Gasteiger partial charge in [0.2, 0.25) is 5.91 Å². The molecule has 4 rings (SSSR count). The average Bonchev–Trinajstić information content (AvgIpc) is 3.19. The van der Waals surface area contributed by atoms with E-state index in [0.717, 1.165) is 63.1 Å². The number of carbonyl (C=O) groups is 1. The highest BCUT2D eigenvalue weighted by molar-refractivity contribution is 5.78. The number of aryl methyl sites for hydroxylation is 1. The van der Waals surface area contributed by atoms with Crippen LogP contribution in [0.1, 0.15) is 60.7 Å². The second-order valence-corrected chi connectivity index (χ2v) is 8.29. The first-order chi connectivity index (χ1) is 13.7. The minimum atomic E-state index is 0.270. The molecule has 148 valence electrons. The lowest BCUT2D eigenvalue weighted by Crippen LogP contribution is -2.42. The Hall–Kier alpha value is -2.20. The predicted octanol–water partition coefficient (Wildman–Crippen LogP) is 4.13. The van der Waals surface area contributed by atoms with Gasteiger partial charge in [0.1, 0.15) is 0 Å². The van der Waals surface area contributed by atoms with Crippen molar-refractivity contribution in [1.29, 1.82) is 0 Å². The smallest absolute Gasteiger partial charge is 0.236 e. The van der Waals surface area contributed by atoms with Crippen LogP contribution in [0.15, 0.2) is 42.5 Å². The number of hydrogen-bond donors (Lipinski definition) is 0. The van der Waals surface area contributed by atoms with Crippen LogP contribution in [0.3, 0.4) is 0 Å². The SMILES string of the molecule is Cc1ccc(Cc2cccc([C@@H]3CCCN3CC(=O)N3CCCCC3)n2)cc1. The lowest BCUT2D eigenvalue weighted by Gasteiger charge is -2.30. The van der Waals surface area contributed by atoms with E-state index in [1.54, 1.807) is 0 Å². The van der Waals surface area contributed by atoms with Gasteiger partial charge in [0.15, 0.2) is 0 Å². The number of aromatic nitrogens is 1. The van der Waals surface area contributed by atoms with Crippen molar-refractivity contribution in [3.05, 3.63) is 65.0 Å². The molecule has 28 heavy (non-hydrogen) atoms. The maximum absolute atomic E-state index is 12.7. The summed E-state index contributed by atoms with van der Waals surface area (Å²) in [6.07, 6.45) is 6.65. The zero-order valence-corrected chi connectivity index (χ0v) is 16.9. The fourth-order valence-electron chi connectivity index (χ4n) is 4.46. The lowest BCUT2D eigenvalue weighted by atomic mass is 10.1. The fraction of sp³-hybridized carbons (Fsp3) is 0.500. The zero-order valence-electron chi connectivity index (χ0n) is 16.9. The lowest BCUT2D eigenvalue weighted by molar-refractivity contribution is -0.133. The second-order valence-electron chi connectivity index (χ2n) is 8.29. The number of nitrogens with zero attached hydrogens (tertiary/aromatic N) is 3. The van der Waals surface area contributed by atoms with Gasteiger partial charge >= 0.3 is 0 Å². The Morgan fingerprint density at radius 2 is 1.79 bits per heavy atom. The molecule has 0 saturated carbocycles. The minimum Gasteiger partial charge on any atom is -0.342 e. The topological polar surface area (TPSA) is 36.4 Å². The number of pyridine rings is 1. The Labute approximate surface area is 168 Å². The highest BCUT2D eigenvalue weighted by Gasteiger charge is 2.30. The molecule has 0 aliphatic carbocycles. The number of carbonyl (C=O) groups excluding carboxylic acids is 1. The van der Waals surface area contributed by atoms with Gasteiger partial charge in [0, 0.05) is 25.2 Å². The summed E-state index contributed by atoms with van der Waals surface area (Å²) in [7, 11) is 0. The third-order valence-electron chi connectivity index (χ3n) is 6.09. The monoisotopic (exact) mass is 377 g/mol. The van der Waals surface area contributed by atoms with Gasteiger partial charge in [-0.2, -0.15) is 0 Å². The Bertz CT molecular complexity index is 796. The van der Waals surface area contributed by atoms with Gasteiger partial charge < -0.3 is 4.90 Å². The maximum Gasteiger partial charge on any atom is 0.236 e. The largest absolute Gasteiger partial charge is 0.342 e. The van der Waals surface area contributed by atoms with Crippen LogP contribution in [0.4, 0.5) is 0 Å². The summed E-state index contributed by atoms with van der Waals surface area (Å²) in [5.74, 6) is 0.294. The summed E-state index contributed by atoms with van der Waals surface area (Å²) < 4.78 is 0. The molecule has 0 radical (unpaired) electrons. The first-order valence-corrected chi connectivity index (χ1v) is 10.7. The molecule has 2 saturated heterocycles. The molecule has 1 aromatic carbocycles. The first-order valence-electron chi connectivity index (χ1n) is 10.7. The molecule has 0 unspecified atom stereocenters. The van der Waals surface area contributed by atoms with Gasteiger partial charge in [-0.25, -0.2) is 0 Å². The quantitative estimate of drug-likeness (QED) is 0.786. The number of likely N-dealkylation sites (tertiary alicyclic amines) is 2. The molecule has 1 aromatic heterocycles. The van der Waals surface area contributed by atoms with Crippen molar-refractivity contribution in [1.82, 2.24) is 14.8 Å². The first kappa shape index (κ1) is 19.1. The minimum absolute atomic E-state index is 0.270. The molecule has 2 aliphatic heterocycles. The number of piperidine rings is 1. The van der Waals surface area contributed by atoms with Gasteiger partial charge in [-0.15, -0.1) is 0 Å². The molecule has 0 N–H and O–H groups in total. The number of amides is 1. The molecule has 4 nitrogen and oxygen atoms in total. The molecule has 1 amide bonds. The summed E-state index contributed by atoms with van der Waals surface area (Å²) in [5, 5.41) is 0. The van der Waals surface area contributed by atoms with E-state index in [4.69, 9.17) is 4.98 Å². The van der Waals surface area contributed by atoms with Crippen molar-refractivity contribution >= 4 is 5.91 Å².